The van der Waals surface area contributed by atoms with Crippen LogP contribution in [0.4, 0.5) is 11.4 Å². The average Bonchev–Trinajstić information content (AvgIpc) is 3.07. The second-order valence-electron chi connectivity index (χ2n) is 8.01. The lowest BCUT2D eigenvalue weighted by Gasteiger charge is -2.30. The molecule has 1 aromatic carbocycles. The molecule has 0 spiro atoms. The number of nitrogens with zero attached hydrogens (tertiary/aromatic N) is 3. The fraction of sp³-hybridized carbons (Fsp3) is 0.348. The third-order valence-corrected chi connectivity index (χ3v) is 6.39. The molecule has 0 atom stereocenters. The maximum absolute atomic E-state index is 11.4. The summed E-state index contributed by atoms with van der Waals surface area (Å²) in [6.07, 6.45) is 9.22. The standard InChI is InChI=1S/C23H24ClN5O/c1-13-8-22-17(9-21(13)26-3)19(18-10-27-11-20(25)23(18)24)12-29(22)16-6-4-15(5-7-16)28-14(2)30/h8-12,15-16H,4-7,25H2,1-2H3,(H,28,30). The van der Waals surface area contributed by atoms with E-state index < -0.39 is 0 Å². The highest BCUT2D eigenvalue weighted by molar-refractivity contribution is 6.36. The number of nitrogen functional groups attached to an aromatic ring is 1. The first-order chi connectivity index (χ1) is 14.4. The number of nitrogens with two attached hydrogens (primary N) is 1. The van der Waals surface area contributed by atoms with Crippen LogP contribution in [0, 0.1) is 13.5 Å². The van der Waals surface area contributed by atoms with Crippen molar-refractivity contribution in [1.82, 2.24) is 14.9 Å². The lowest BCUT2D eigenvalue weighted by molar-refractivity contribution is -0.119. The van der Waals surface area contributed by atoms with Crippen molar-refractivity contribution in [2.24, 2.45) is 0 Å². The summed E-state index contributed by atoms with van der Waals surface area (Å²) in [5.41, 5.74) is 10.8. The van der Waals surface area contributed by atoms with Crippen LogP contribution < -0.4 is 11.1 Å². The number of nitrogens with one attached hydrogen (secondary N) is 1. The van der Waals surface area contributed by atoms with Gasteiger partial charge in [0.25, 0.3) is 0 Å². The number of carbonyl (C=O) groups excluding carboxylic acids is 1. The predicted molar refractivity (Wildman–Crippen MR) is 121 cm³/mol. The summed E-state index contributed by atoms with van der Waals surface area (Å²) in [6, 6.07) is 4.58. The molecule has 7 heteroatoms. The lowest BCUT2D eigenvalue weighted by Crippen LogP contribution is -2.36. The normalized spacial score (nSPS) is 18.9. The van der Waals surface area contributed by atoms with Gasteiger partial charge in [0.05, 0.1) is 23.5 Å². The molecule has 2 heterocycles. The van der Waals surface area contributed by atoms with Crippen LogP contribution in [0.25, 0.3) is 26.9 Å². The molecule has 2 aromatic heterocycles. The Bertz CT molecular complexity index is 1170. The van der Waals surface area contributed by atoms with E-state index in [0.717, 1.165) is 53.3 Å². The molecular formula is C23H24ClN5O. The molecule has 3 aromatic rings. The number of anilines is 1. The molecule has 6 nitrogen and oxygen atoms in total. The molecule has 0 saturated heterocycles. The van der Waals surface area contributed by atoms with Crippen molar-refractivity contribution < 1.29 is 4.79 Å². The third-order valence-electron chi connectivity index (χ3n) is 5.97. The van der Waals surface area contributed by atoms with Gasteiger partial charge < -0.3 is 15.6 Å². The molecule has 1 aliphatic rings. The summed E-state index contributed by atoms with van der Waals surface area (Å²) in [5, 5.41) is 4.49. The van der Waals surface area contributed by atoms with E-state index in [4.69, 9.17) is 23.9 Å². The second-order valence-corrected chi connectivity index (χ2v) is 8.39. The van der Waals surface area contributed by atoms with Gasteiger partial charge in [-0.05, 0) is 55.7 Å². The molecule has 0 radical (unpaired) electrons. The van der Waals surface area contributed by atoms with Crippen molar-refractivity contribution in [3.8, 4) is 11.1 Å². The van der Waals surface area contributed by atoms with Crippen molar-refractivity contribution in [1.29, 1.82) is 0 Å². The lowest BCUT2D eigenvalue weighted by atomic mass is 9.91. The molecule has 0 unspecified atom stereocenters. The number of benzene rings is 1. The van der Waals surface area contributed by atoms with Crippen molar-refractivity contribution in [3.63, 3.8) is 0 Å². The Labute approximate surface area is 180 Å². The van der Waals surface area contributed by atoms with Crippen LogP contribution in [0.1, 0.15) is 44.2 Å². The number of halogens is 1. The average molecular weight is 422 g/mol. The summed E-state index contributed by atoms with van der Waals surface area (Å²) in [4.78, 5) is 19.3. The molecular weight excluding hydrogens is 398 g/mol. The monoisotopic (exact) mass is 421 g/mol. The first-order valence-electron chi connectivity index (χ1n) is 10.1. The minimum atomic E-state index is 0.0262. The number of rotatable bonds is 3. The fourth-order valence-corrected chi connectivity index (χ4v) is 4.66. The molecule has 3 N–H and O–H groups in total. The van der Waals surface area contributed by atoms with Gasteiger partial charge in [0.15, 0.2) is 5.69 Å². The Morgan fingerprint density at radius 1 is 1.27 bits per heavy atom. The van der Waals surface area contributed by atoms with Gasteiger partial charge >= 0.3 is 0 Å². The second kappa shape index (κ2) is 8.00. The molecule has 1 aliphatic carbocycles. The number of fused-ring (bicyclic) bond motifs is 1. The first-order valence-corrected chi connectivity index (χ1v) is 10.5. The summed E-state index contributed by atoms with van der Waals surface area (Å²) in [7, 11) is 0. The molecule has 154 valence electrons. The molecule has 30 heavy (non-hydrogen) atoms. The number of hydrogen-bond acceptors (Lipinski definition) is 3. The molecule has 0 bridgehead atoms. The smallest absolute Gasteiger partial charge is 0.217 e. The largest absolute Gasteiger partial charge is 0.396 e. The Morgan fingerprint density at radius 3 is 2.67 bits per heavy atom. The highest BCUT2D eigenvalue weighted by atomic mass is 35.5. The van der Waals surface area contributed by atoms with Gasteiger partial charge in [-0.15, -0.1) is 0 Å². The van der Waals surface area contributed by atoms with E-state index in [2.05, 4.69) is 32.0 Å². The summed E-state index contributed by atoms with van der Waals surface area (Å²) in [5.74, 6) is 0.0262. The van der Waals surface area contributed by atoms with E-state index in [1.165, 1.54) is 0 Å². The summed E-state index contributed by atoms with van der Waals surface area (Å²) >= 11 is 6.52. The Kier molecular flexibility index (Phi) is 5.40. The van der Waals surface area contributed by atoms with E-state index in [1.807, 2.05) is 13.0 Å². The quantitative estimate of drug-likeness (QED) is 0.554. The van der Waals surface area contributed by atoms with Crippen LogP contribution in [-0.2, 0) is 4.79 Å². The van der Waals surface area contributed by atoms with E-state index in [0.29, 0.717) is 22.4 Å². The van der Waals surface area contributed by atoms with Gasteiger partial charge in [-0.3, -0.25) is 9.78 Å². The topological polar surface area (TPSA) is 77.3 Å². The van der Waals surface area contributed by atoms with E-state index in [9.17, 15) is 4.79 Å². The SMILES string of the molecule is [C-]#[N+]c1cc2c(-c3cncc(N)c3Cl)cn(C3CCC(NC(C)=O)CC3)c2cc1C. The van der Waals surface area contributed by atoms with Crippen LogP contribution in [0.2, 0.25) is 5.02 Å². The summed E-state index contributed by atoms with van der Waals surface area (Å²) in [6.45, 7) is 11.1. The van der Waals surface area contributed by atoms with Gasteiger partial charge in [0, 0.05) is 48.0 Å². The molecule has 1 saturated carbocycles. The van der Waals surface area contributed by atoms with Gasteiger partial charge in [0.2, 0.25) is 5.91 Å². The third kappa shape index (κ3) is 3.61. The minimum Gasteiger partial charge on any atom is -0.396 e. The number of pyridine rings is 1. The molecule has 4 rings (SSSR count). The van der Waals surface area contributed by atoms with Gasteiger partial charge in [-0.2, -0.15) is 0 Å². The first kappa shape index (κ1) is 20.2. The van der Waals surface area contributed by atoms with E-state index in [1.54, 1.807) is 19.3 Å². The minimum absolute atomic E-state index is 0.0262. The van der Waals surface area contributed by atoms with Crippen molar-refractivity contribution in [2.45, 2.75) is 51.6 Å². The maximum Gasteiger partial charge on any atom is 0.217 e. The zero-order valence-corrected chi connectivity index (χ0v) is 17.8. The zero-order chi connectivity index (χ0) is 21.4. The van der Waals surface area contributed by atoms with Crippen LogP contribution in [-0.4, -0.2) is 21.5 Å². The predicted octanol–water partition coefficient (Wildman–Crippen LogP) is 5.42. The van der Waals surface area contributed by atoms with Crippen molar-refractivity contribution >= 4 is 39.8 Å². The molecule has 0 aliphatic heterocycles. The van der Waals surface area contributed by atoms with E-state index in [-0.39, 0.29) is 11.9 Å². The van der Waals surface area contributed by atoms with Gasteiger partial charge in [-0.25, -0.2) is 4.85 Å². The van der Waals surface area contributed by atoms with Crippen LogP contribution >= 0.6 is 11.6 Å². The molecule has 1 fully saturated rings. The van der Waals surface area contributed by atoms with Crippen LogP contribution in [0.5, 0.6) is 0 Å². The Hall–Kier alpha value is -3.04. The number of aryl methyl sites for hydroxylation is 1. The number of hydrogen-bond donors (Lipinski definition) is 2. The van der Waals surface area contributed by atoms with E-state index >= 15 is 0 Å². The molecule has 1 amide bonds. The van der Waals surface area contributed by atoms with Gasteiger partial charge in [-0.1, -0.05) is 11.6 Å². The van der Waals surface area contributed by atoms with Crippen LogP contribution in [0.3, 0.4) is 0 Å². The number of aromatic nitrogens is 2. The van der Waals surface area contributed by atoms with Crippen molar-refractivity contribution in [3.05, 3.63) is 52.7 Å². The highest BCUT2D eigenvalue weighted by Gasteiger charge is 2.25. The highest BCUT2D eigenvalue weighted by Crippen LogP contribution is 2.42. The number of carbonyl (C=O) groups is 1. The van der Waals surface area contributed by atoms with Crippen molar-refractivity contribution in [2.75, 3.05) is 5.73 Å². The zero-order valence-electron chi connectivity index (χ0n) is 17.1. The van der Waals surface area contributed by atoms with Crippen LogP contribution in [0.15, 0.2) is 30.7 Å². The fourth-order valence-electron chi connectivity index (χ4n) is 4.46. The maximum atomic E-state index is 11.4. The Morgan fingerprint density at radius 2 is 2.00 bits per heavy atom. The summed E-state index contributed by atoms with van der Waals surface area (Å²) < 4.78 is 2.30. The number of amides is 1. The Balaban J connectivity index is 1.81. The van der Waals surface area contributed by atoms with Gasteiger partial charge in [0.1, 0.15) is 0 Å².